The topological polar surface area (TPSA) is 49.4 Å². The van der Waals surface area contributed by atoms with Crippen LogP contribution in [-0.4, -0.2) is 31.2 Å². The van der Waals surface area contributed by atoms with Crippen LogP contribution in [0.3, 0.4) is 0 Å². The Morgan fingerprint density at radius 3 is 2.68 bits per heavy atom. The maximum atomic E-state index is 12.2. The second-order valence-corrected chi connectivity index (χ2v) is 6.48. The minimum absolute atomic E-state index is 0.00712. The van der Waals surface area contributed by atoms with Crippen LogP contribution < -0.4 is 10.2 Å². The van der Waals surface area contributed by atoms with Crippen molar-refractivity contribution in [1.29, 1.82) is 0 Å². The summed E-state index contributed by atoms with van der Waals surface area (Å²) in [5.74, 6) is -0.187. The van der Waals surface area contributed by atoms with Crippen molar-refractivity contribution in [1.82, 2.24) is 5.32 Å². The van der Waals surface area contributed by atoms with Gasteiger partial charge in [0.2, 0.25) is 11.8 Å². The van der Waals surface area contributed by atoms with Crippen LogP contribution in [0.2, 0.25) is 0 Å². The molecular weight excluding hydrogens is 296 g/mol. The molecule has 120 valence electrons. The van der Waals surface area contributed by atoms with Crippen molar-refractivity contribution in [3.8, 4) is 0 Å². The van der Waals surface area contributed by atoms with Crippen LogP contribution in [0.25, 0.3) is 0 Å². The molecule has 1 aliphatic rings. The molecule has 2 amide bonds. The van der Waals surface area contributed by atoms with E-state index in [9.17, 15) is 9.59 Å². The smallest absolute Gasteiger partial charge is 0.227 e. The Kier molecular flexibility index (Phi) is 6.31. The number of nitrogens with zero attached hydrogens (tertiary/aromatic N) is 1. The second-order valence-electron chi connectivity index (χ2n) is 5.60. The van der Waals surface area contributed by atoms with E-state index in [1.165, 1.54) is 4.90 Å². The number of anilines is 1. The van der Waals surface area contributed by atoms with Crippen LogP contribution in [0.5, 0.6) is 0 Å². The van der Waals surface area contributed by atoms with Crippen molar-refractivity contribution < 1.29 is 9.59 Å². The van der Waals surface area contributed by atoms with Gasteiger partial charge in [0, 0.05) is 30.1 Å². The van der Waals surface area contributed by atoms with E-state index in [0.717, 1.165) is 24.9 Å². The predicted molar refractivity (Wildman–Crippen MR) is 91.2 cm³/mol. The zero-order chi connectivity index (χ0) is 15.9. The summed E-state index contributed by atoms with van der Waals surface area (Å²) in [5, 5.41) is 2.95. The summed E-state index contributed by atoms with van der Waals surface area (Å²) in [5.41, 5.74) is 0.879. The van der Waals surface area contributed by atoms with E-state index in [0.29, 0.717) is 19.5 Å². The first-order chi connectivity index (χ1) is 10.7. The minimum Gasteiger partial charge on any atom is -0.356 e. The lowest BCUT2D eigenvalue weighted by Crippen LogP contribution is -2.33. The molecule has 1 atom stereocenters. The number of carbonyl (C=O) groups excluding carboxylic acids is 2. The SMILES string of the molecule is CCCCCNC(=O)[C@@H]1CC(=O)N(c2ccc(SC)cc2)C1. The van der Waals surface area contributed by atoms with E-state index >= 15 is 0 Å². The van der Waals surface area contributed by atoms with Crippen LogP contribution in [0.4, 0.5) is 5.69 Å². The zero-order valence-corrected chi connectivity index (χ0v) is 14.1. The predicted octanol–water partition coefficient (Wildman–Crippen LogP) is 3.07. The highest BCUT2D eigenvalue weighted by atomic mass is 32.2. The molecule has 0 aliphatic carbocycles. The van der Waals surface area contributed by atoms with Crippen molar-refractivity contribution in [3.63, 3.8) is 0 Å². The van der Waals surface area contributed by atoms with E-state index < -0.39 is 0 Å². The Balaban J connectivity index is 1.90. The van der Waals surface area contributed by atoms with Crippen molar-refractivity contribution in [2.45, 2.75) is 37.5 Å². The molecule has 1 fully saturated rings. The average molecular weight is 320 g/mol. The fourth-order valence-corrected chi connectivity index (χ4v) is 3.03. The Bertz CT molecular complexity index is 516. The fourth-order valence-electron chi connectivity index (χ4n) is 2.63. The quantitative estimate of drug-likeness (QED) is 0.620. The lowest BCUT2D eigenvalue weighted by atomic mass is 10.1. The number of nitrogens with one attached hydrogen (secondary N) is 1. The fraction of sp³-hybridized carbons (Fsp3) is 0.529. The molecule has 0 radical (unpaired) electrons. The highest BCUT2D eigenvalue weighted by molar-refractivity contribution is 7.98. The van der Waals surface area contributed by atoms with Crippen LogP contribution in [-0.2, 0) is 9.59 Å². The van der Waals surface area contributed by atoms with Gasteiger partial charge in [-0.15, -0.1) is 11.8 Å². The third kappa shape index (κ3) is 4.26. The lowest BCUT2D eigenvalue weighted by molar-refractivity contribution is -0.126. The molecule has 1 aliphatic heterocycles. The third-order valence-corrected chi connectivity index (χ3v) is 4.70. The molecule has 1 aromatic carbocycles. The van der Waals surface area contributed by atoms with Gasteiger partial charge in [0.1, 0.15) is 0 Å². The number of thioether (sulfide) groups is 1. The van der Waals surface area contributed by atoms with Gasteiger partial charge in [0.15, 0.2) is 0 Å². The van der Waals surface area contributed by atoms with E-state index in [1.807, 2.05) is 30.5 Å². The highest BCUT2D eigenvalue weighted by Crippen LogP contribution is 2.27. The second kappa shape index (κ2) is 8.22. The van der Waals surface area contributed by atoms with Gasteiger partial charge in [-0.3, -0.25) is 9.59 Å². The number of hydrogen-bond acceptors (Lipinski definition) is 3. The molecule has 1 saturated heterocycles. The molecule has 1 aromatic rings. The summed E-state index contributed by atoms with van der Waals surface area (Å²) in [7, 11) is 0. The van der Waals surface area contributed by atoms with E-state index in [1.54, 1.807) is 16.7 Å². The molecule has 0 unspecified atom stereocenters. The summed E-state index contributed by atoms with van der Waals surface area (Å²) in [6.45, 7) is 3.33. The van der Waals surface area contributed by atoms with Crippen LogP contribution in [0, 0.1) is 5.92 Å². The summed E-state index contributed by atoms with van der Waals surface area (Å²) in [4.78, 5) is 27.2. The van der Waals surface area contributed by atoms with Gasteiger partial charge in [-0.1, -0.05) is 19.8 Å². The normalized spacial score (nSPS) is 17.8. The average Bonchev–Trinajstić information content (AvgIpc) is 2.93. The Morgan fingerprint density at radius 1 is 1.32 bits per heavy atom. The summed E-state index contributed by atoms with van der Waals surface area (Å²) >= 11 is 1.67. The van der Waals surface area contributed by atoms with E-state index in [-0.39, 0.29) is 17.7 Å². The molecule has 5 heteroatoms. The number of benzene rings is 1. The third-order valence-electron chi connectivity index (χ3n) is 3.96. The maximum Gasteiger partial charge on any atom is 0.227 e. The van der Waals surface area contributed by atoms with Crippen LogP contribution >= 0.6 is 11.8 Å². The zero-order valence-electron chi connectivity index (χ0n) is 13.3. The summed E-state index contributed by atoms with van der Waals surface area (Å²) in [6.07, 6.45) is 5.59. The maximum absolute atomic E-state index is 12.2. The standard InChI is InChI=1S/C17H24N2O2S/c1-3-4-5-10-18-17(21)13-11-16(20)19(12-13)14-6-8-15(22-2)9-7-14/h6-9,13H,3-5,10-12H2,1-2H3,(H,18,21)/t13-/m1/s1. The van der Waals surface area contributed by atoms with Gasteiger partial charge < -0.3 is 10.2 Å². The molecular formula is C17H24N2O2S. The van der Waals surface area contributed by atoms with Gasteiger partial charge in [-0.2, -0.15) is 0 Å². The molecule has 0 bridgehead atoms. The number of amides is 2. The van der Waals surface area contributed by atoms with Crippen molar-refractivity contribution in [2.24, 2.45) is 5.92 Å². The number of rotatable bonds is 7. The van der Waals surface area contributed by atoms with Gasteiger partial charge in [-0.25, -0.2) is 0 Å². The molecule has 2 rings (SSSR count). The molecule has 22 heavy (non-hydrogen) atoms. The van der Waals surface area contributed by atoms with Gasteiger partial charge in [0.05, 0.1) is 5.92 Å². The van der Waals surface area contributed by atoms with Crippen molar-refractivity contribution in [3.05, 3.63) is 24.3 Å². The van der Waals surface area contributed by atoms with Gasteiger partial charge in [0.25, 0.3) is 0 Å². The van der Waals surface area contributed by atoms with Crippen LogP contribution in [0.1, 0.15) is 32.6 Å². The minimum atomic E-state index is -0.227. The first-order valence-electron chi connectivity index (χ1n) is 7.87. The van der Waals surface area contributed by atoms with E-state index in [2.05, 4.69) is 12.2 Å². The first kappa shape index (κ1) is 16.9. The Labute approximate surface area is 136 Å². The van der Waals surface area contributed by atoms with E-state index in [4.69, 9.17) is 0 Å². The largest absolute Gasteiger partial charge is 0.356 e. The molecule has 0 saturated carbocycles. The van der Waals surface area contributed by atoms with Crippen molar-refractivity contribution in [2.75, 3.05) is 24.2 Å². The lowest BCUT2D eigenvalue weighted by Gasteiger charge is -2.17. The molecule has 4 nitrogen and oxygen atoms in total. The number of hydrogen-bond donors (Lipinski definition) is 1. The van der Waals surface area contributed by atoms with Gasteiger partial charge in [-0.05, 0) is 36.9 Å². The highest BCUT2D eigenvalue weighted by Gasteiger charge is 2.34. The Morgan fingerprint density at radius 2 is 2.05 bits per heavy atom. The molecule has 1 heterocycles. The van der Waals surface area contributed by atoms with Gasteiger partial charge >= 0.3 is 0 Å². The number of carbonyl (C=O) groups is 2. The Hall–Kier alpha value is -1.49. The molecule has 0 aromatic heterocycles. The van der Waals surface area contributed by atoms with Crippen LogP contribution in [0.15, 0.2) is 29.2 Å². The summed E-state index contributed by atoms with van der Waals surface area (Å²) in [6, 6.07) is 7.91. The van der Waals surface area contributed by atoms with Crippen molar-refractivity contribution >= 4 is 29.3 Å². The summed E-state index contributed by atoms with van der Waals surface area (Å²) < 4.78 is 0. The monoisotopic (exact) mass is 320 g/mol. The molecule has 1 N–H and O–H groups in total. The molecule has 0 spiro atoms. The first-order valence-corrected chi connectivity index (χ1v) is 9.10. The number of unbranched alkanes of at least 4 members (excludes halogenated alkanes) is 2.